The highest BCUT2D eigenvalue weighted by atomic mass is 19.1. The van der Waals surface area contributed by atoms with E-state index in [1.807, 2.05) is 30.3 Å². The van der Waals surface area contributed by atoms with Crippen LogP contribution in [0.4, 0.5) is 13.2 Å². The van der Waals surface area contributed by atoms with E-state index >= 15 is 0 Å². The van der Waals surface area contributed by atoms with Crippen molar-refractivity contribution in [3.8, 4) is 0 Å². The number of nitrogens with one attached hydrogen (secondary N) is 2. The SMILES string of the molecule is O=C(Cc1c(F)cc(F)cc1F)N[C@@H](Cc1ccccc1)C(=O)N[C@@H](Cc1ccccc1)C(=O)OC1CCCCCCC1. The van der Waals surface area contributed by atoms with Gasteiger partial charge < -0.3 is 15.4 Å². The molecule has 2 atom stereocenters. The fourth-order valence-corrected chi connectivity index (χ4v) is 5.30. The summed E-state index contributed by atoms with van der Waals surface area (Å²) in [6, 6.07) is 16.9. The lowest BCUT2D eigenvalue weighted by atomic mass is 9.98. The number of benzene rings is 3. The number of halogens is 3. The molecule has 2 N–H and O–H groups in total. The van der Waals surface area contributed by atoms with E-state index in [0.717, 1.165) is 49.7 Å². The summed E-state index contributed by atoms with van der Waals surface area (Å²) < 4.78 is 47.7. The minimum Gasteiger partial charge on any atom is -0.461 e. The van der Waals surface area contributed by atoms with Crippen LogP contribution in [0.25, 0.3) is 0 Å². The third kappa shape index (κ3) is 9.98. The van der Waals surface area contributed by atoms with Gasteiger partial charge in [0, 0.05) is 30.5 Å². The Labute approximate surface area is 250 Å². The zero-order chi connectivity index (χ0) is 30.6. The summed E-state index contributed by atoms with van der Waals surface area (Å²) in [4.78, 5) is 40.1. The first-order valence-corrected chi connectivity index (χ1v) is 14.8. The zero-order valence-corrected chi connectivity index (χ0v) is 24.0. The molecule has 0 aliphatic heterocycles. The predicted octanol–water partition coefficient (Wildman–Crippen LogP) is 5.76. The van der Waals surface area contributed by atoms with E-state index in [2.05, 4.69) is 10.6 Å². The van der Waals surface area contributed by atoms with Crippen molar-refractivity contribution < 1.29 is 32.3 Å². The number of amides is 2. The summed E-state index contributed by atoms with van der Waals surface area (Å²) >= 11 is 0. The molecule has 0 heterocycles. The van der Waals surface area contributed by atoms with Gasteiger partial charge in [0.05, 0.1) is 6.42 Å². The lowest BCUT2D eigenvalue weighted by Gasteiger charge is -2.26. The first-order chi connectivity index (χ1) is 20.8. The molecule has 1 aliphatic carbocycles. The van der Waals surface area contributed by atoms with Crippen LogP contribution in [0.1, 0.15) is 61.6 Å². The minimum absolute atomic E-state index is 0.0581. The standard InChI is InChI=1S/C34H37F3N2O4/c35-25-20-28(36)27(29(37)21-25)22-32(40)38-30(18-23-12-6-4-7-13-23)33(41)39-31(19-24-14-8-5-9-15-24)34(42)43-26-16-10-2-1-3-11-17-26/h4-9,12-15,20-21,26,30-31H,1-3,10-11,16-19,22H2,(H,38,40)(H,39,41)/t30-,31-/m0/s1. The van der Waals surface area contributed by atoms with Gasteiger partial charge in [0.25, 0.3) is 0 Å². The fraction of sp³-hybridized carbons (Fsp3) is 0.382. The van der Waals surface area contributed by atoms with Crippen molar-refractivity contribution in [2.75, 3.05) is 0 Å². The van der Waals surface area contributed by atoms with Gasteiger partial charge in [0.15, 0.2) is 0 Å². The van der Waals surface area contributed by atoms with Crippen molar-refractivity contribution in [2.45, 2.75) is 82.4 Å². The lowest BCUT2D eigenvalue weighted by molar-refractivity contribution is -0.154. The summed E-state index contributed by atoms with van der Waals surface area (Å²) in [6.45, 7) is 0. The molecule has 0 spiro atoms. The van der Waals surface area contributed by atoms with Gasteiger partial charge in [-0.3, -0.25) is 9.59 Å². The Morgan fingerprint density at radius 3 is 1.79 bits per heavy atom. The van der Waals surface area contributed by atoms with Crippen LogP contribution in [0, 0.1) is 17.5 Å². The van der Waals surface area contributed by atoms with Crippen molar-refractivity contribution in [2.24, 2.45) is 0 Å². The molecule has 3 aromatic carbocycles. The summed E-state index contributed by atoms with van der Waals surface area (Å²) in [5.41, 5.74) is 0.926. The van der Waals surface area contributed by atoms with Gasteiger partial charge in [-0.2, -0.15) is 0 Å². The number of esters is 1. The Bertz CT molecular complexity index is 1340. The molecule has 9 heteroatoms. The third-order valence-electron chi connectivity index (χ3n) is 7.60. The molecular formula is C34H37F3N2O4. The molecule has 0 unspecified atom stereocenters. The summed E-state index contributed by atoms with van der Waals surface area (Å²) in [6.07, 6.45) is 6.07. The molecule has 228 valence electrons. The van der Waals surface area contributed by atoms with E-state index in [9.17, 15) is 27.6 Å². The Hall–Kier alpha value is -4.14. The second kappa shape index (κ2) is 15.9. The molecule has 0 aromatic heterocycles. The monoisotopic (exact) mass is 594 g/mol. The molecule has 43 heavy (non-hydrogen) atoms. The summed E-state index contributed by atoms with van der Waals surface area (Å²) in [7, 11) is 0. The lowest BCUT2D eigenvalue weighted by Crippen LogP contribution is -2.54. The quantitative estimate of drug-likeness (QED) is 0.277. The molecule has 0 saturated heterocycles. The Morgan fingerprint density at radius 2 is 1.23 bits per heavy atom. The second-order valence-corrected chi connectivity index (χ2v) is 11.0. The predicted molar refractivity (Wildman–Crippen MR) is 156 cm³/mol. The first-order valence-electron chi connectivity index (χ1n) is 14.8. The molecule has 4 rings (SSSR count). The molecule has 2 amide bonds. The van der Waals surface area contributed by atoms with Gasteiger partial charge >= 0.3 is 5.97 Å². The average molecular weight is 595 g/mol. The largest absolute Gasteiger partial charge is 0.461 e. The van der Waals surface area contributed by atoms with Gasteiger partial charge in [0.2, 0.25) is 11.8 Å². The number of carbonyl (C=O) groups is 3. The van der Waals surface area contributed by atoms with E-state index in [0.29, 0.717) is 12.1 Å². The molecule has 1 aliphatic rings. The van der Waals surface area contributed by atoms with E-state index < -0.39 is 59.3 Å². The summed E-state index contributed by atoms with van der Waals surface area (Å²) in [5.74, 6) is -5.53. The molecule has 3 aromatic rings. The number of hydrogen-bond donors (Lipinski definition) is 2. The molecule has 1 saturated carbocycles. The fourth-order valence-electron chi connectivity index (χ4n) is 5.30. The normalized spacial score (nSPS) is 15.4. The highest BCUT2D eigenvalue weighted by Gasteiger charge is 2.30. The van der Waals surface area contributed by atoms with E-state index in [4.69, 9.17) is 4.74 Å². The van der Waals surface area contributed by atoms with Gasteiger partial charge in [-0.05, 0) is 36.8 Å². The van der Waals surface area contributed by atoms with Crippen LogP contribution < -0.4 is 10.6 Å². The first kappa shape index (κ1) is 31.8. The van der Waals surface area contributed by atoms with E-state index in [-0.39, 0.29) is 18.9 Å². The minimum atomic E-state index is -1.20. The number of hydrogen-bond acceptors (Lipinski definition) is 4. The Morgan fingerprint density at radius 1 is 0.721 bits per heavy atom. The smallest absolute Gasteiger partial charge is 0.329 e. The maximum atomic E-state index is 14.2. The number of carbonyl (C=O) groups excluding carboxylic acids is 3. The summed E-state index contributed by atoms with van der Waals surface area (Å²) in [5, 5.41) is 5.33. The highest BCUT2D eigenvalue weighted by molar-refractivity contribution is 5.91. The van der Waals surface area contributed by atoms with Gasteiger partial charge in [0.1, 0.15) is 35.6 Å². The van der Waals surface area contributed by atoms with Crippen molar-refractivity contribution in [3.05, 3.63) is 107 Å². The van der Waals surface area contributed by atoms with E-state index in [1.165, 1.54) is 6.42 Å². The van der Waals surface area contributed by atoms with Crippen LogP contribution in [0.3, 0.4) is 0 Å². The Balaban J connectivity index is 1.52. The molecule has 6 nitrogen and oxygen atoms in total. The van der Waals surface area contributed by atoms with Crippen molar-refractivity contribution >= 4 is 17.8 Å². The molecule has 0 radical (unpaired) electrons. The maximum Gasteiger partial charge on any atom is 0.329 e. The van der Waals surface area contributed by atoms with Crippen molar-refractivity contribution in [1.29, 1.82) is 0 Å². The van der Waals surface area contributed by atoms with Crippen LogP contribution in [0.5, 0.6) is 0 Å². The van der Waals surface area contributed by atoms with Gasteiger partial charge in [-0.15, -0.1) is 0 Å². The van der Waals surface area contributed by atoms with Crippen LogP contribution in [-0.2, 0) is 38.4 Å². The molecule has 1 fully saturated rings. The van der Waals surface area contributed by atoms with Crippen molar-refractivity contribution in [1.82, 2.24) is 10.6 Å². The van der Waals surface area contributed by atoms with Crippen LogP contribution in [-0.4, -0.2) is 36.0 Å². The van der Waals surface area contributed by atoms with Gasteiger partial charge in [-0.1, -0.05) is 79.9 Å². The van der Waals surface area contributed by atoms with Crippen LogP contribution in [0.2, 0.25) is 0 Å². The van der Waals surface area contributed by atoms with E-state index in [1.54, 1.807) is 30.3 Å². The van der Waals surface area contributed by atoms with Crippen molar-refractivity contribution in [3.63, 3.8) is 0 Å². The topological polar surface area (TPSA) is 84.5 Å². The average Bonchev–Trinajstić information content (AvgIpc) is 2.96. The molecular weight excluding hydrogens is 557 g/mol. The highest BCUT2D eigenvalue weighted by Crippen LogP contribution is 2.21. The maximum absolute atomic E-state index is 14.2. The molecule has 0 bridgehead atoms. The zero-order valence-electron chi connectivity index (χ0n) is 24.0. The number of ether oxygens (including phenoxy) is 1. The second-order valence-electron chi connectivity index (χ2n) is 11.0. The number of rotatable bonds is 11. The third-order valence-corrected chi connectivity index (χ3v) is 7.60. The van der Waals surface area contributed by atoms with Gasteiger partial charge in [-0.25, -0.2) is 18.0 Å². The Kier molecular flexibility index (Phi) is 11.8. The van der Waals surface area contributed by atoms with Crippen LogP contribution in [0.15, 0.2) is 72.8 Å². The van der Waals surface area contributed by atoms with Crippen LogP contribution >= 0.6 is 0 Å².